The molecule has 0 aliphatic rings. The number of nitrogens with zero attached hydrogens (tertiary/aromatic N) is 2. The summed E-state index contributed by atoms with van der Waals surface area (Å²) in [5, 5.41) is 14.8. The second-order valence-corrected chi connectivity index (χ2v) is 6.10. The SMILES string of the molecule is CCCNC(=O)NCCc1nc2cc(C(=O)O)ccc2n1C(C)CC. The highest BCUT2D eigenvalue weighted by Gasteiger charge is 2.16. The summed E-state index contributed by atoms with van der Waals surface area (Å²) in [5.74, 6) is -0.113. The van der Waals surface area contributed by atoms with Crippen molar-refractivity contribution < 1.29 is 14.7 Å². The van der Waals surface area contributed by atoms with Gasteiger partial charge >= 0.3 is 12.0 Å². The van der Waals surface area contributed by atoms with Crippen LogP contribution in [-0.4, -0.2) is 39.7 Å². The first-order valence-electron chi connectivity index (χ1n) is 8.73. The summed E-state index contributed by atoms with van der Waals surface area (Å²) in [7, 11) is 0. The van der Waals surface area contributed by atoms with Crippen molar-refractivity contribution in [2.45, 2.75) is 46.1 Å². The van der Waals surface area contributed by atoms with Gasteiger partial charge in [0.1, 0.15) is 5.82 Å². The summed E-state index contributed by atoms with van der Waals surface area (Å²) >= 11 is 0. The molecular formula is C18H26N4O3. The third kappa shape index (κ3) is 4.49. The zero-order chi connectivity index (χ0) is 18.4. The molecule has 0 aliphatic heterocycles. The van der Waals surface area contributed by atoms with Crippen LogP contribution in [0.3, 0.4) is 0 Å². The molecular weight excluding hydrogens is 320 g/mol. The number of aromatic nitrogens is 2. The number of fused-ring (bicyclic) bond motifs is 1. The number of carboxylic acid groups (broad SMARTS) is 1. The third-order valence-corrected chi connectivity index (χ3v) is 4.21. The average molecular weight is 346 g/mol. The predicted molar refractivity (Wildman–Crippen MR) is 97.1 cm³/mol. The van der Waals surface area contributed by atoms with Crippen molar-refractivity contribution in [1.82, 2.24) is 20.2 Å². The molecule has 1 heterocycles. The number of urea groups is 1. The van der Waals surface area contributed by atoms with E-state index in [1.807, 2.05) is 13.0 Å². The minimum absolute atomic E-state index is 0.179. The van der Waals surface area contributed by atoms with Crippen molar-refractivity contribution in [3.8, 4) is 0 Å². The molecule has 2 amide bonds. The van der Waals surface area contributed by atoms with Crippen LogP contribution in [0.15, 0.2) is 18.2 Å². The fourth-order valence-electron chi connectivity index (χ4n) is 2.72. The molecule has 1 atom stereocenters. The zero-order valence-corrected chi connectivity index (χ0v) is 15.0. The molecule has 0 fully saturated rings. The molecule has 25 heavy (non-hydrogen) atoms. The van der Waals surface area contributed by atoms with Gasteiger partial charge in [-0.3, -0.25) is 0 Å². The van der Waals surface area contributed by atoms with E-state index in [0.717, 1.165) is 24.2 Å². The van der Waals surface area contributed by atoms with E-state index in [9.17, 15) is 9.59 Å². The van der Waals surface area contributed by atoms with E-state index in [0.29, 0.717) is 25.0 Å². The summed E-state index contributed by atoms with van der Waals surface area (Å²) in [6, 6.07) is 5.07. The number of hydrogen-bond donors (Lipinski definition) is 3. The number of hydrogen-bond acceptors (Lipinski definition) is 3. The summed E-state index contributed by atoms with van der Waals surface area (Å²) in [6.07, 6.45) is 2.41. The Labute approximate surface area is 147 Å². The molecule has 7 nitrogen and oxygen atoms in total. The van der Waals surface area contributed by atoms with Gasteiger partial charge in [-0.2, -0.15) is 0 Å². The van der Waals surface area contributed by atoms with Crippen molar-refractivity contribution in [2.24, 2.45) is 0 Å². The standard InChI is InChI=1S/C18H26N4O3/c1-4-9-19-18(25)20-10-8-16-21-14-11-13(17(23)24)6-7-15(14)22(16)12(3)5-2/h6-7,11-12H,4-5,8-10H2,1-3H3,(H,23,24)(H2,19,20,25). The number of carbonyl (C=O) groups excluding carboxylic acids is 1. The van der Waals surface area contributed by atoms with Crippen LogP contribution in [0.5, 0.6) is 0 Å². The minimum atomic E-state index is -0.962. The van der Waals surface area contributed by atoms with Gasteiger partial charge in [-0.15, -0.1) is 0 Å². The normalized spacial score (nSPS) is 12.1. The number of aromatic carboxylic acids is 1. The second-order valence-electron chi connectivity index (χ2n) is 6.10. The number of carboxylic acids is 1. The van der Waals surface area contributed by atoms with E-state index >= 15 is 0 Å². The smallest absolute Gasteiger partial charge is 0.335 e. The van der Waals surface area contributed by atoms with E-state index in [1.54, 1.807) is 12.1 Å². The fourth-order valence-corrected chi connectivity index (χ4v) is 2.72. The van der Waals surface area contributed by atoms with Gasteiger partial charge in [-0.1, -0.05) is 13.8 Å². The molecule has 0 aliphatic carbocycles. The Hall–Kier alpha value is -2.57. The fraction of sp³-hybridized carbons (Fsp3) is 0.500. The van der Waals surface area contributed by atoms with Gasteiger partial charge in [-0.05, 0) is 38.0 Å². The van der Waals surface area contributed by atoms with Crippen molar-refractivity contribution in [1.29, 1.82) is 0 Å². The van der Waals surface area contributed by atoms with Gasteiger partial charge in [-0.25, -0.2) is 14.6 Å². The van der Waals surface area contributed by atoms with E-state index in [2.05, 4.69) is 34.0 Å². The Morgan fingerprint density at radius 1 is 1.24 bits per heavy atom. The Morgan fingerprint density at radius 2 is 1.96 bits per heavy atom. The van der Waals surface area contributed by atoms with Crippen molar-refractivity contribution in [3.05, 3.63) is 29.6 Å². The molecule has 0 bridgehead atoms. The molecule has 0 radical (unpaired) electrons. The summed E-state index contributed by atoms with van der Waals surface area (Å²) in [5.41, 5.74) is 1.82. The van der Waals surface area contributed by atoms with Crippen LogP contribution < -0.4 is 10.6 Å². The highest BCUT2D eigenvalue weighted by atomic mass is 16.4. The average Bonchev–Trinajstić information content (AvgIpc) is 2.96. The molecule has 7 heteroatoms. The number of benzene rings is 1. The Kier molecular flexibility index (Phi) is 6.38. The minimum Gasteiger partial charge on any atom is -0.478 e. The maximum atomic E-state index is 11.6. The van der Waals surface area contributed by atoms with Crippen LogP contribution in [0.2, 0.25) is 0 Å². The Bertz CT molecular complexity index is 754. The molecule has 0 spiro atoms. The highest BCUT2D eigenvalue weighted by molar-refractivity contribution is 5.92. The summed E-state index contributed by atoms with van der Waals surface area (Å²) < 4.78 is 2.13. The summed E-state index contributed by atoms with van der Waals surface area (Å²) in [4.78, 5) is 27.4. The van der Waals surface area contributed by atoms with Crippen LogP contribution >= 0.6 is 0 Å². The Balaban J connectivity index is 2.22. The lowest BCUT2D eigenvalue weighted by Crippen LogP contribution is -2.37. The maximum Gasteiger partial charge on any atom is 0.335 e. The van der Waals surface area contributed by atoms with Crippen LogP contribution in [0.25, 0.3) is 11.0 Å². The molecule has 3 N–H and O–H groups in total. The molecule has 1 aromatic carbocycles. The second kappa shape index (κ2) is 8.50. The summed E-state index contributed by atoms with van der Waals surface area (Å²) in [6.45, 7) is 7.33. The van der Waals surface area contributed by atoms with Crippen LogP contribution in [0.1, 0.15) is 55.8 Å². The topological polar surface area (TPSA) is 96.2 Å². The zero-order valence-electron chi connectivity index (χ0n) is 15.0. The number of carbonyl (C=O) groups is 2. The van der Waals surface area contributed by atoms with Gasteiger partial charge in [0.25, 0.3) is 0 Å². The quantitative estimate of drug-likeness (QED) is 0.684. The molecule has 0 saturated carbocycles. The number of nitrogens with one attached hydrogen (secondary N) is 2. The lowest BCUT2D eigenvalue weighted by Gasteiger charge is -2.16. The van der Waals surface area contributed by atoms with E-state index in [-0.39, 0.29) is 17.6 Å². The lowest BCUT2D eigenvalue weighted by atomic mass is 10.2. The molecule has 0 saturated heterocycles. The molecule has 1 aromatic heterocycles. The highest BCUT2D eigenvalue weighted by Crippen LogP contribution is 2.24. The van der Waals surface area contributed by atoms with Crippen molar-refractivity contribution in [2.75, 3.05) is 13.1 Å². The van der Waals surface area contributed by atoms with Gasteiger partial charge in [0, 0.05) is 25.6 Å². The van der Waals surface area contributed by atoms with Crippen LogP contribution in [0.4, 0.5) is 4.79 Å². The number of imidazole rings is 1. The number of amides is 2. The predicted octanol–water partition coefficient (Wildman–Crippen LogP) is 2.96. The van der Waals surface area contributed by atoms with Gasteiger partial charge in [0.05, 0.1) is 16.6 Å². The van der Waals surface area contributed by atoms with Crippen molar-refractivity contribution in [3.63, 3.8) is 0 Å². The van der Waals surface area contributed by atoms with Gasteiger partial charge in [0.2, 0.25) is 0 Å². The van der Waals surface area contributed by atoms with Crippen LogP contribution in [-0.2, 0) is 6.42 Å². The first kappa shape index (κ1) is 18.8. The molecule has 2 aromatic rings. The monoisotopic (exact) mass is 346 g/mol. The van der Waals surface area contributed by atoms with Gasteiger partial charge < -0.3 is 20.3 Å². The first-order chi connectivity index (χ1) is 12.0. The van der Waals surface area contributed by atoms with Gasteiger partial charge in [0.15, 0.2) is 0 Å². The molecule has 1 unspecified atom stereocenters. The lowest BCUT2D eigenvalue weighted by molar-refractivity contribution is 0.0697. The Morgan fingerprint density at radius 3 is 2.60 bits per heavy atom. The van der Waals surface area contributed by atoms with Crippen LogP contribution in [0, 0.1) is 0 Å². The van der Waals surface area contributed by atoms with E-state index < -0.39 is 5.97 Å². The molecule has 2 rings (SSSR count). The van der Waals surface area contributed by atoms with E-state index in [1.165, 1.54) is 0 Å². The molecule has 136 valence electrons. The van der Waals surface area contributed by atoms with Crippen molar-refractivity contribution >= 4 is 23.0 Å². The van der Waals surface area contributed by atoms with E-state index in [4.69, 9.17) is 5.11 Å². The first-order valence-corrected chi connectivity index (χ1v) is 8.73. The number of rotatable bonds is 8. The third-order valence-electron chi connectivity index (χ3n) is 4.21. The largest absolute Gasteiger partial charge is 0.478 e. The maximum absolute atomic E-state index is 11.6.